The van der Waals surface area contributed by atoms with Crippen LogP contribution in [0.2, 0.25) is 0 Å². The van der Waals surface area contributed by atoms with Crippen LogP contribution in [0.5, 0.6) is 0 Å². The average molecular weight is 298 g/mol. The first kappa shape index (κ1) is 13.4. The van der Waals surface area contributed by atoms with Crippen molar-refractivity contribution in [3.63, 3.8) is 0 Å². The molecule has 0 fully saturated rings. The lowest BCUT2D eigenvalue weighted by Crippen LogP contribution is -1.82. The monoisotopic (exact) mass is 298 g/mol. The molecule has 3 heterocycles. The molecule has 3 aromatic heterocycles. The Kier molecular flexibility index (Phi) is 3.41. The van der Waals surface area contributed by atoms with E-state index in [1.807, 2.05) is 48.7 Å². The Labute approximate surface area is 132 Å². The molecule has 0 aliphatic carbocycles. The van der Waals surface area contributed by atoms with Crippen molar-refractivity contribution >= 4 is 32.8 Å². The summed E-state index contributed by atoms with van der Waals surface area (Å²) in [6.45, 7) is 0. The van der Waals surface area contributed by atoms with E-state index in [0.29, 0.717) is 0 Å². The van der Waals surface area contributed by atoms with Crippen LogP contribution >= 0.6 is 0 Å². The van der Waals surface area contributed by atoms with E-state index in [4.69, 9.17) is 0 Å². The molecular weight excluding hydrogens is 284 g/mol. The SMILES string of the molecule is c1ccc2[nH]cnc2c1.c1cnc2c(c1)ccc1ncccc12. The third-order valence-electron chi connectivity index (χ3n) is 3.68. The molecular formula is C19H14N4. The second kappa shape index (κ2) is 5.85. The Morgan fingerprint density at radius 1 is 0.652 bits per heavy atom. The predicted octanol–water partition coefficient (Wildman–Crippen LogP) is 4.35. The number of benzene rings is 2. The summed E-state index contributed by atoms with van der Waals surface area (Å²) in [4.78, 5) is 15.7. The van der Waals surface area contributed by atoms with Gasteiger partial charge < -0.3 is 4.98 Å². The van der Waals surface area contributed by atoms with Gasteiger partial charge in [0.25, 0.3) is 0 Å². The van der Waals surface area contributed by atoms with Gasteiger partial charge in [-0.2, -0.15) is 0 Å². The molecule has 23 heavy (non-hydrogen) atoms. The summed E-state index contributed by atoms with van der Waals surface area (Å²) in [5, 5.41) is 2.28. The molecule has 5 rings (SSSR count). The highest BCUT2D eigenvalue weighted by molar-refractivity contribution is 6.03. The van der Waals surface area contributed by atoms with Crippen LogP contribution in [0.1, 0.15) is 0 Å². The van der Waals surface area contributed by atoms with Crippen LogP contribution in [0.25, 0.3) is 32.8 Å². The molecule has 110 valence electrons. The summed E-state index contributed by atoms with van der Waals surface area (Å²) in [6.07, 6.45) is 5.32. The predicted molar refractivity (Wildman–Crippen MR) is 93.1 cm³/mol. The zero-order chi connectivity index (χ0) is 15.5. The summed E-state index contributed by atoms with van der Waals surface area (Å²) < 4.78 is 0. The summed E-state index contributed by atoms with van der Waals surface area (Å²) in [7, 11) is 0. The first-order valence-corrected chi connectivity index (χ1v) is 7.38. The number of hydrogen-bond acceptors (Lipinski definition) is 3. The summed E-state index contributed by atoms with van der Waals surface area (Å²) in [6, 6.07) is 20.0. The highest BCUT2D eigenvalue weighted by Gasteiger charge is 1.99. The number of hydrogen-bond donors (Lipinski definition) is 1. The normalized spacial score (nSPS) is 10.6. The molecule has 0 spiro atoms. The molecule has 4 heteroatoms. The molecule has 0 radical (unpaired) electrons. The Morgan fingerprint density at radius 3 is 2.48 bits per heavy atom. The van der Waals surface area contributed by atoms with Crippen molar-refractivity contribution in [2.24, 2.45) is 0 Å². The zero-order valence-corrected chi connectivity index (χ0v) is 12.3. The minimum absolute atomic E-state index is 0.999. The molecule has 0 aliphatic heterocycles. The largest absolute Gasteiger partial charge is 0.345 e. The average Bonchev–Trinajstić information content (AvgIpc) is 3.11. The number of fused-ring (bicyclic) bond motifs is 4. The van der Waals surface area contributed by atoms with Crippen molar-refractivity contribution in [1.82, 2.24) is 19.9 Å². The molecule has 0 atom stereocenters. The van der Waals surface area contributed by atoms with E-state index in [1.54, 1.807) is 12.5 Å². The van der Waals surface area contributed by atoms with E-state index >= 15 is 0 Å². The van der Waals surface area contributed by atoms with Gasteiger partial charge in [0, 0.05) is 23.2 Å². The van der Waals surface area contributed by atoms with E-state index in [-0.39, 0.29) is 0 Å². The Balaban J connectivity index is 0.000000130. The van der Waals surface area contributed by atoms with Gasteiger partial charge in [0.1, 0.15) is 0 Å². The van der Waals surface area contributed by atoms with Gasteiger partial charge in [-0.3, -0.25) is 9.97 Å². The fraction of sp³-hybridized carbons (Fsp3) is 0. The van der Waals surface area contributed by atoms with Crippen LogP contribution in [-0.2, 0) is 0 Å². The number of H-pyrrole nitrogens is 1. The lowest BCUT2D eigenvalue weighted by molar-refractivity contribution is 1.34. The van der Waals surface area contributed by atoms with Crippen molar-refractivity contribution < 1.29 is 0 Å². The van der Waals surface area contributed by atoms with Crippen LogP contribution in [0.15, 0.2) is 79.4 Å². The second-order valence-electron chi connectivity index (χ2n) is 5.13. The molecule has 0 unspecified atom stereocenters. The van der Waals surface area contributed by atoms with E-state index in [1.165, 1.54) is 0 Å². The van der Waals surface area contributed by atoms with Crippen LogP contribution in [0, 0.1) is 0 Å². The number of imidazole rings is 1. The van der Waals surface area contributed by atoms with Gasteiger partial charge in [0.15, 0.2) is 0 Å². The van der Waals surface area contributed by atoms with Gasteiger partial charge >= 0.3 is 0 Å². The lowest BCUT2D eigenvalue weighted by atomic mass is 10.1. The minimum atomic E-state index is 0.999. The molecule has 0 bridgehead atoms. The number of para-hydroxylation sites is 2. The maximum Gasteiger partial charge on any atom is 0.0931 e. The second-order valence-corrected chi connectivity index (χ2v) is 5.13. The van der Waals surface area contributed by atoms with Crippen molar-refractivity contribution in [2.45, 2.75) is 0 Å². The van der Waals surface area contributed by atoms with E-state index in [2.05, 4.69) is 38.1 Å². The van der Waals surface area contributed by atoms with Crippen LogP contribution in [0.4, 0.5) is 0 Å². The maximum atomic E-state index is 4.37. The quantitative estimate of drug-likeness (QED) is 0.432. The Morgan fingerprint density at radius 2 is 1.52 bits per heavy atom. The van der Waals surface area contributed by atoms with E-state index in [0.717, 1.165) is 32.8 Å². The lowest BCUT2D eigenvalue weighted by Gasteiger charge is -2.00. The molecule has 1 N–H and O–H groups in total. The molecule has 2 aromatic carbocycles. The topological polar surface area (TPSA) is 54.5 Å². The standard InChI is InChI=1S/C12H8N2.C7H6N2/c1-3-9-5-6-11-10(4-2-7-13-11)12(9)14-8-1;1-2-4-7-6(3-1)8-5-9-7/h1-8H;1-5H,(H,8,9). The summed E-state index contributed by atoms with van der Waals surface area (Å²) >= 11 is 0. The van der Waals surface area contributed by atoms with Crippen molar-refractivity contribution in [3.8, 4) is 0 Å². The third kappa shape index (κ3) is 2.62. The van der Waals surface area contributed by atoms with E-state index < -0.39 is 0 Å². The van der Waals surface area contributed by atoms with Gasteiger partial charge in [-0.05, 0) is 36.4 Å². The van der Waals surface area contributed by atoms with Gasteiger partial charge in [0.2, 0.25) is 0 Å². The van der Waals surface area contributed by atoms with Crippen molar-refractivity contribution in [1.29, 1.82) is 0 Å². The van der Waals surface area contributed by atoms with Crippen molar-refractivity contribution in [2.75, 3.05) is 0 Å². The fourth-order valence-corrected chi connectivity index (χ4v) is 2.58. The van der Waals surface area contributed by atoms with E-state index in [9.17, 15) is 0 Å². The molecule has 5 aromatic rings. The van der Waals surface area contributed by atoms with Crippen LogP contribution in [-0.4, -0.2) is 19.9 Å². The number of pyridine rings is 2. The highest BCUT2D eigenvalue weighted by Crippen LogP contribution is 2.20. The molecule has 4 nitrogen and oxygen atoms in total. The maximum absolute atomic E-state index is 4.37. The molecule has 0 amide bonds. The van der Waals surface area contributed by atoms with Crippen LogP contribution in [0.3, 0.4) is 0 Å². The van der Waals surface area contributed by atoms with Gasteiger partial charge in [-0.15, -0.1) is 0 Å². The molecule has 0 saturated carbocycles. The van der Waals surface area contributed by atoms with Gasteiger partial charge in [-0.1, -0.05) is 24.3 Å². The number of nitrogens with zero attached hydrogens (tertiary/aromatic N) is 3. The number of aromatic amines is 1. The number of nitrogens with one attached hydrogen (secondary N) is 1. The summed E-state index contributed by atoms with van der Waals surface area (Å²) in [5.41, 5.74) is 4.15. The number of aromatic nitrogens is 4. The first-order valence-electron chi connectivity index (χ1n) is 7.38. The van der Waals surface area contributed by atoms with Crippen LogP contribution < -0.4 is 0 Å². The minimum Gasteiger partial charge on any atom is -0.345 e. The van der Waals surface area contributed by atoms with Crippen molar-refractivity contribution in [3.05, 3.63) is 79.4 Å². The fourth-order valence-electron chi connectivity index (χ4n) is 2.58. The van der Waals surface area contributed by atoms with Gasteiger partial charge in [0.05, 0.1) is 28.4 Å². The summed E-state index contributed by atoms with van der Waals surface area (Å²) in [5.74, 6) is 0. The van der Waals surface area contributed by atoms with Gasteiger partial charge in [-0.25, -0.2) is 4.98 Å². The third-order valence-corrected chi connectivity index (χ3v) is 3.68. The zero-order valence-electron chi connectivity index (χ0n) is 12.3. The molecule has 0 aliphatic rings. The molecule has 0 saturated heterocycles. The highest BCUT2D eigenvalue weighted by atomic mass is 14.9. The Hall–Kier alpha value is -3.27. The Bertz CT molecular complexity index is 997. The first-order chi connectivity index (χ1) is 11.4. The number of rotatable bonds is 0. The smallest absolute Gasteiger partial charge is 0.0931 e.